The van der Waals surface area contributed by atoms with Crippen LogP contribution in [0.4, 0.5) is 5.69 Å². The van der Waals surface area contributed by atoms with Gasteiger partial charge >= 0.3 is 0 Å². The fourth-order valence-corrected chi connectivity index (χ4v) is 2.28. The van der Waals surface area contributed by atoms with Crippen molar-refractivity contribution in [1.29, 1.82) is 0 Å². The van der Waals surface area contributed by atoms with Crippen molar-refractivity contribution in [2.75, 3.05) is 20.3 Å². The molecule has 1 aromatic carbocycles. The Morgan fingerprint density at radius 1 is 1.40 bits per heavy atom. The quantitative estimate of drug-likeness (QED) is 0.661. The summed E-state index contributed by atoms with van der Waals surface area (Å²) in [6.45, 7) is 4.24. The van der Waals surface area contributed by atoms with Crippen molar-refractivity contribution in [3.63, 3.8) is 0 Å². The fourth-order valence-electron chi connectivity index (χ4n) is 2.28. The molecule has 0 atom stereocenters. The van der Waals surface area contributed by atoms with E-state index in [1.54, 1.807) is 6.07 Å². The predicted octanol–water partition coefficient (Wildman–Crippen LogP) is 2.26. The van der Waals surface area contributed by atoms with Gasteiger partial charge in [-0.15, -0.1) is 0 Å². The molecule has 6 heteroatoms. The summed E-state index contributed by atoms with van der Waals surface area (Å²) in [5, 5.41) is 14.4. The SMILES string of the molecule is COc1cc(CNC2(C)CCOCC2)cc([N+](=O)[O-])c1. The van der Waals surface area contributed by atoms with E-state index in [1.165, 1.54) is 13.2 Å². The van der Waals surface area contributed by atoms with Crippen LogP contribution in [-0.2, 0) is 11.3 Å². The molecule has 6 nitrogen and oxygen atoms in total. The van der Waals surface area contributed by atoms with Crippen LogP contribution >= 0.6 is 0 Å². The van der Waals surface area contributed by atoms with Crippen LogP contribution < -0.4 is 10.1 Å². The van der Waals surface area contributed by atoms with Gasteiger partial charge in [-0.25, -0.2) is 0 Å². The van der Waals surface area contributed by atoms with Crippen LogP contribution in [0, 0.1) is 10.1 Å². The number of nitrogens with one attached hydrogen (secondary N) is 1. The van der Waals surface area contributed by atoms with Gasteiger partial charge in [0.25, 0.3) is 5.69 Å². The second-order valence-electron chi connectivity index (χ2n) is 5.32. The third-order valence-corrected chi connectivity index (χ3v) is 3.71. The molecule has 0 spiro atoms. The van der Waals surface area contributed by atoms with Crippen molar-refractivity contribution in [1.82, 2.24) is 5.32 Å². The first kappa shape index (κ1) is 14.7. The summed E-state index contributed by atoms with van der Waals surface area (Å²) >= 11 is 0. The Kier molecular flexibility index (Phi) is 4.57. The molecule has 0 amide bonds. The summed E-state index contributed by atoms with van der Waals surface area (Å²) in [5.41, 5.74) is 0.929. The topological polar surface area (TPSA) is 73.6 Å². The molecule has 0 aromatic heterocycles. The zero-order valence-electron chi connectivity index (χ0n) is 11.8. The van der Waals surface area contributed by atoms with Crippen LogP contribution in [0.15, 0.2) is 18.2 Å². The van der Waals surface area contributed by atoms with Crippen LogP contribution in [0.1, 0.15) is 25.3 Å². The smallest absolute Gasteiger partial charge is 0.273 e. The molecule has 1 heterocycles. The number of nitro groups is 1. The number of methoxy groups -OCH3 is 1. The van der Waals surface area contributed by atoms with Crippen molar-refractivity contribution >= 4 is 5.69 Å². The molecule has 1 saturated heterocycles. The number of nitro benzene ring substituents is 1. The van der Waals surface area contributed by atoms with Crippen molar-refractivity contribution in [3.05, 3.63) is 33.9 Å². The molecular weight excluding hydrogens is 260 g/mol. The molecule has 0 radical (unpaired) electrons. The Balaban J connectivity index is 2.08. The number of non-ortho nitro benzene ring substituents is 1. The Morgan fingerprint density at radius 3 is 2.70 bits per heavy atom. The van der Waals surface area contributed by atoms with Crippen molar-refractivity contribution < 1.29 is 14.4 Å². The third kappa shape index (κ3) is 3.68. The Bertz CT molecular complexity index is 484. The summed E-state index contributed by atoms with van der Waals surface area (Å²) in [6, 6.07) is 4.83. The highest BCUT2D eigenvalue weighted by atomic mass is 16.6. The molecule has 1 aromatic rings. The number of hydrogen-bond donors (Lipinski definition) is 1. The van der Waals surface area contributed by atoms with Gasteiger partial charge < -0.3 is 14.8 Å². The minimum Gasteiger partial charge on any atom is -0.496 e. The van der Waals surface area contributed by atoms with Gasteiger partial charge in [0.1, 0.15) is 5.75 Å². The molecule has 20 heavy (non-hydrogen) atoms. The van der Waals surface area contributed by atoms with Crippen LogP contribution in [-0.4, -0.2) is 30.8 Å². The lowest BCUT2D eigenvalue weighted by Crippen LogP contribution is -2.46. The monoisotopic (exact) mass is 280 g/mol. The lowest BCUT2D eigenvalue weighted by Gasteiger charge is -2.34. The maximum absolute atomic E-state index is 10.9. The van der Waals surface area contributed by atoms with E-state index in [9.17, 15) is 10.1 Å². The third-order valence-electron chi connectivity index (χ3n) is 3.71. The first-order valence-electron chi connectivity index (χ1n) is 6.67. The van der Waals surface area contributed by atoms with E-state index in [1.807, 2.05) is 6.07 Å². The molecule has 0 aliphatic carbocycles. The molecule has 1 fully saturated rings. The lowest BCUT2D eigenvalue weighted by molar-refractivity contribution is -0.385. The molecule has 110 valence electrons. The minimum absolute atomic E-state index is 0.0239. The molecule has 1 N–H and O–H groups in total. The van der Waals surface area contributed by atoms with E-state index >= 15 is 0 Å². The van der Waals surface area contributed by atoms with E-state index in [0.29, 0.717) is 12.3 Å². The van der Waals surface area contributed by atoms with Gasteiger partial charge in [0.05, 0.1) is 18.1 Å². The number of ether oxygens (including phenoxy) is 2. The molecular formula is C14H20N2O4. The predicted molar refractivity (Wildman–Crippen MR) is 74.9 cm³/mol. The van der Waals surface area contributed by atoms with Gasteiger partial charge in [0.2, 0.25) is 0 Å². The zero-order chi connectivity index (χ0) is 14.6. The van der Waals surface area contributed by atoms with Crippen LogP contribution in [0.5, 0.6) is 5.75 Å². The molecule has 0 saturated carbocycles. The van der Waals surface area contributed by atoms with E-state index in [4.69, 9.17) is 9.47 Å². The summed E-state index contributed by atoms with van der Waals surface area (Å²) in [5.74, 6) is 0.508. The van der Waals surface area contributed by atoms with E-state index in [-0.39, 0.29) is 11.2 Å². The minimum atomic E-state index is -0.401. The molecule has 1 aliphatic rings. The molecule has 0 unspecified atom stereocenters. The van der Waals surface area contributed by atoms with Crippen LogP contribution in [0.3, 0.4) is 0 Å². The van der Waals surface area contributed by atoms with Crippen LogP contribution in [0.2, 0.25) is 0 Å². The summed E-state index contributed by atoms with van der Waals surface area (Å²) in [4.78, 5) is 10.5. The fraction of sp³-hybridized carbons (Fsp3) is 0.571. The lowest BCUT2D eigenvalue weighted by atomic mass is 9.92. The van der Waals surface area contributed by atoms with Gasteiger partial charge in [0.15, 0.2) is 0 Å². The standard InChI is InChI=1S/C14H20N2O4/c1-14(3-5-20-6-4-14)15-10-11-7-12(16(17)18)9-13(8-11)19-2/h7-9,15H,3-6,10H2,1-2H3. The van der Waals surface area contributed by atoms with Gasteiger partial charge in [-0.3, -0.25) is 10.1 Å². The van der Waals surface area contributed by atoms with Crippen molar-refractivity contribution in [2.45, 2.75) is 31.8 Å². The van der Waals surface area contributed by atoms with E-state index < -0.39 is 4.92 Å². The van der Waals surface area contributed by atoms with E-state index in [2.05, 4.69) is 12.2 Å². The molecule has 0 bridgehead atoms. The summed E-state index contributed by atoms with van der Waals surface area (Å²) < 4.78 is 10.5. The highest BCUT2D eigenvalue weighted by molar-refractivity contribution is 5.42. The first-order chi connectivity index (χ1) is 9.52. The maximum atomic E-state index is 10.9. The second kappa shape index (κ2) is 6.19. The van der Waals surface area contributed by atoms with Gasteiger partial charge in [-0.1, -0.05) is 0 Å². The summed E-state index contributed by atoms with van der Waals surface area (Å²) in [6.07, 6.45) is 1.89. The highest BCUT2D eigenvalue weighted by Crippen LogP contribution is 2.24. The number of rotatable bonds is 5. The number of hydrogen-bond acceptors (Lipinski definition) is 5. The molecule has 2 rings (SSSR count). The number of nitrogens with zero attached hydrogens (tertiary/aromatic N) is 1. The molecule has 1 aliphatic heterocycles. The Morgan fingerprint density at radius 2 is 2.10 bits per heavy atom. The first-order valence-corrected chi connectivity index (χ1v) is 6.67. The highest BCUT2D eigenvalue weighted by Gasteiger charge is 2.26. The van der Waals surface area contributed by atoms with Crippen molar-refractivity contribution in [3.8, 4) is 5.75 Å². The maximum Gasteiger partial charge on any atom is 0.273 e. The van der Waals surface area contributed by atoms with Gasteiger partial charge in [-0.05, 0) is 31.4 Å². The summed E-state index contributed by atoms with van der Waals surface area (Å²) in [7, 11) is 1.51. The zero-order valence-corrected chi connectivity index (χ0v) is 11.8. The average molecular weight is 280 g/mol. The number of benzene rings is 1. The van der Waals surface area contributed by atoms with Gasteiger partial charge in [-0.2, -0.15) is 0 Å². The van der Waals surface area contributed by atoms with Crippen LogP contribution in [0.25, 0.3) is 0 Å². The van der Waals surface area contributed by atoms with Crippen molar-refractivity contribution in [2.24, 2.45) is 0 Å². The van der Waals surface area contributed by atoms with Gasteiger partial charge in [0, 0.05) is 31.4 Å². The Hall–Kier alpha value is -1.66. The average Bonchev–Trinajstić information content (AvgIpc) is 2.45. The largest absolute Gasteiger partial charge is 0.496 e. The van der Waals surface area contributed by atoms with E-state index in [0.717, 1.165) is 31.6 Å². The normalized spacial score (nSPS) is 17.7. The Labute approximate surface area is 118 Å². The second-order valence-corrected chi connectivity index (χ2v) is 5.32.